The quantitative estimate of drug-likeness (QED) is 0.386. The van der Waals surface area contributed by atoms with E-state index in [0.717, 1.165) is 42.4 Å². The molecule has 2 unspecified atom stereocenters. The number of esters is 1. The van der Waals surface area contributed by atoms with Crippen molar-refractivity contribution in [2.75, 3.05) is 5.75 Å². The summed E-state index contributed by atoms with van der Waals surface area (Å²) in [4.78, 5) is 44.0. The van der Waals surface area contributed by atoms with Crippen LogP contribution in [-0.2, 0) is 23.6 Å². The van der Waals surface area contributed by atoms with Gasteiger partial charge in [-0.1, -0.05) is 38.5 Å². The first-order valence-electron chi connectivity index (χ1n) is 11.1. The van der Waals surface area contributed by atoms with E-state index in [-0.39, 0.29) is 26.1 Å². The number of H-pyrrole nitrogens is 1. The molecule has 0 amide bonds. The first-order valence-corrected chi connectivity index (χ1v) is 12.0. The largest absolute Gasteiger partial charge is 0.460 e. The Bertz CT molecular complexity index is 1050. The minimum Gasteiger partial charge on any atom is -0.460 e. The summed E-state index contributed by atoms with van der Waals surface area (Å²) in [7, 11) is 3.10. The summed E-state index contributed by atoms with van der Waals surface area (Å²) in [5, 5.41) is 0.680. The summed E-state index contributed by atoms with van der Waals surface area (Å²) in [5.41, 5.74) is -0.369. The van der Waals surface area contributed by atoms with Crippen LogP contribution in [0.2, 0.25) is 0 Å². The molecule has 0 radical (unpaired) electrons. The predicted octanol–water partition coefficient (Wildman–Crippen LogP) is 4.25. The van der Waals surface area contributed by atoms with Gasteiger partial charge in [0, 0.05) is 27.7 Å². The van der Waals surface area contributed by atoms with Crippen molar-refractivity contribution in [3.63, 3.8) is 0 Å². The normalized spacial score (nSPS) is 19.4. The van der Waals surface area contributed by atoms with E-state index in [1.165, 1.54) is 18.0 Å². The lowest BCUT2D eigenvalue weighted by atomic mass is 9.94. The van der Waals surface area contributed by atoms with Crippen LogP contribution in [0.1, 0.15) is 74.6 Å². The van der Waals surface area contributed by atoms with Gasteiger partial charge in [0.2, 0.25) is 0 Å². The minimum absolute atomic E-state index is 0. The van der Waals surface area contributed by atoms with Gasteiger partial charge in [-0.15, -0.1) is 0 Å². The number of aromatic amines is 1. The zero-order valence-electron chi connectivity index (χ0n) is 19.2. The molecular formula is C23H40N4O4S. The second-order valence-corrected chi connectivity index (χ2v) is 10.6. The molecule has 2 aromatic heterocycles. The molecule has 2 aromatic rings. The fourth-order valence-electron chi connectivity index (χ4n) is 4.20. The standard InChI is InChI=1S/C22H34N4O4S.CH4.H2/c1-22(2,3)30-16(27)12-11-14-7-6-8-15(10-9-14)13-31-20-23-17-18(24-20)25(4)21(29)26(5)19(17)28;;/h14-15H,6-13H2,1-5H3,(H,23,24);1H4;1H. The lowest BCUT2D eigenvalue weighted by Gasteiger charge is -2.20. The molecule has 9 heteroatoms. The molecule has 32 heavy (non-hydrogen) atoms. The number of rotatable bonds is 6. The van der Waals surface area contributed by atoms with Gasteiger partial charge >= 0.3 is 11.7 Å². The van der Waals surface area contributed by atoms with E-state index in [4.69, 9.17) is 4.74 Å². The fraction of sp³-hybridized carbons (Fsp3) is 0.739. The molecule has 2 atom stereocenters. The monoisotopic (exact) mass is 468 g/mol. The van der Waals surface area contributed by atoms with Gasteiger partial charge in [0.15, 0.2) is 16.3 Å². The number of carbonyl (C=O) groups is 1. The van der Waals surface area contributed by atoms with E-state index < -0.39 is 5.60 Å². The summed E-state index contributed by atoms with van der Waals surface area (Å²) >= 11 is 1.61. The maximum Gasteiger partial charge on any atom is 0.332 e. The van der Waals surface area contributed by atoms with E-state index in [2.05, 4.69) is 9.97 Å². The number of hydrogen-bond acceptors (Lipinski definition) is 6. The zero-order valence-corrected chi connectivity index (χ0v) is 20.0. The zero-order chi connectivity index (χ0) is 22.8. The highest BCUT2D eigenvalue weighted by Crippen LogP contribution is 2.33. The Morgan fingerprint density at radius 3 is 2.50 bits per heavy atom. The number of aromatic nitrogens is 4. The van der Waals surface area contributed by atoms with Gasteiger partial charge in [-0.05, 0) is 51.9 Å². The summed E-state index contributed by atoms with van der Waals surface area (Å²) in [6, 6.07) is 0. The Kier molecular flexibility index (Phi) is 8.79. The molecular weight excluding hydrogens is 428 g/mol. The Labute approximate surface area is 195 Å². The van der Waals surface area contributed by atoms with E-state index >= 15 is 0 Å². The summed E-state index contributed by atoms with van der Waals surface area (Å²) < 4.78 is 7.92. The number of carbonyl (C=O) groups excluding carboxylic acids is 1. The van der Waals surface area contributed by atoms with Gasteiger partial charge in [0.1, 0.15) is 5.60 Å². The number of hydrogen-bond donors (Lipinski definition) is 1. The summed E-state index contributed by atoms with van der Waals surface area (Å²) in [5.74, 6) is 1.98. The SMILES string of the molecule is C.Cn1c(=O)c2[nH]c(SCC3CCCC(CCC(=O)OC(C)(C)C)CC3)nc2n(C)c1=O.[HH]. The van der Waals surface area contributed by atoms with Gasteiger partial charge in [-0.3, -0.25) is 18.7 Å². The van der Waals surface area contributed by atoms with Crippen LogP contribution < -0.4 is 11.2 Å². The second-order valence-electron chi connectivity index (χ2n) is 9.62. The van der Waals surface area contributed by atoms with Crippen molar-refractivity contribution in [2.24, 2.45) is 25.9 Å². The van der Waals surface area contributed by atoms with Crippen LogP contribution in [0.15, 0.2) is 14.7 Å². The number of nitrogens with one attached hydrogen (secondary N) is 1. The molecule has 8 nitrogen and oxygen atoms in total. The summed E-state index contributed by atoms with van der Waals surface area (Å²) in [6.07, 6.45) is 7.14. The number of thioether (sulfide) groups is 1. The van der Waals surface area contributed by atoms with E-state index in [9.17, 15) is 14.4 Å². The Morgan fingerprint density at radius 1 is 1.16 bits per heavy atom. The first kappa shape index (κ1) is 26.2. The maximum absolute atomic E-state index is 12.3. The van der Waals surface area contributed by atoms with Crippen molar-refractivity contribution >= 4 is 28.9 Å². The highest BCUT2D eigenvalue weighted by Gasteiger charge is 2.22. The van der Waals surface area contributed by atoms with Gasteiger partial charge in [0.25, 0.3) is 5.56 Å². The third kappa shape index (κ3) is 6.49. The predicted molar refractivity (Wildman–Crippen MR) is 131 cm³/mol. The fourth-order valence-corrected chi connectivity index (χ4v) is 5.25. The van der Waals surface area contributed by atoms with Crippen LogP contribution in [0.4, 0.5) is 0 Å². The topological polar surface area (TPSA) is 99.0 Å². The molecule has 0 spiro atoms. The van der Waals surface area contributed by atoms with Gasteiger partial charge in [-0.25, -0.2) is 9.78 Å². The van der Waals surface area contributed by atoms with Crippen LogP contribution in [0.5, 0.6) is 0 Å². The minimum atomic E-state index is -0.421. The summed E-state index contributed by atoms with van der Waals surface area (Å²) in [6.45, 7) is 5.70. The molecule has 0 aromatic carbocycles. The van der Waals surface area contributed by atoms with Crippen molar-refractivity contribution in [3.05, 3.63) is 20.8 Å². The van der Waals surface area contributed by atoms with Crippen molar-refractivity contribution in [1.82, 2.24) is 19.1 Å². The van der Waals surface area contributed by atoms with E-state index in [0.29, 0.717) is 34.6 Å². The molecule has 1 aliphatic rings. The Hall–Kier alpha value is -2.03. The number of ether oxygens (including phenoxy) is 1. The van der Waals surface area contributed by atoms with Crippen molar-refractivity contribution in [1.29, 1.82) is 0 Å². The average Bonchev–Trinajstić information content (AvgIpc) is 2.99. The van der Waals surface area contributed by atoms with Gasteiger partial charge in [0.05, 0.1) is 0 Å². The number of imidazole rings is 1. The number of aryl methyl sites for hydroxylation is 1. The molecule has 1 aliphatic carbocycles. The Balaban J connectivity index is 0.00000272. The Morgan fingerprint density at radius 2 is 1.81 bits per heavy atom. The molecule has 182 valence electrons. The van der Waals surface area contributed by atoms with E-state index in [1.807, 2.05) is 20.8 Å². The smallest absolute Gasteiger partial charge is 0.332 e. The van der Waals surface area contributed by atoms with Gasteiger partial charge < -0.3 is 9.72 Å². The average molecular weight is 469 g/mol. The molecule has 0 aliphatic heterocycles. The molecule has 1 saturated carbocycles. The number of nitrogens with zero attached hydrogens (tertiary/aromatic N) is 3. The molecule has 3 rings (SSSR count). The lowest BCUT2D eigenvalue weighted by Crippen LogP contribution is -2.36. The first-order chi connectivity index (χ1) is 14.5. The number of fused-ring (bicyclic) bond motifs is 1. The molecule has 1 fully saturated rings. The van der Waals surface area contributed by atoms with E-state index in [1.54, 1.807) is 18.8 Å². The molecule has 2 heterocycles. The molecule has 1 N–H and O–H groups in total. The third-order valence-electron chi connectivity index (χ3n) is 5.91. The highest BCUT2D eigenvalue weighted by atomic mass is 32.2. The van der Waals surface area contributed by atoms with Crippen LogP contribution in [0.25, 0.3) is 11.2 Å². The molecule has 0 bridgehead atoms. The van der Waals surface area contributed by atoms with Crippen LogP contribution in [0.3, 0.4) is 0 Å². The van der Waals surface area contributed by atoms with Crippen molar-refractivity contribution in [2.45, 2.75) is 83.9 Å². The van der Waals surface area contributed by atoms with Crippen LogP contribution in [-0.4, -0.2) is 36.4 Å². The highest BCUT2D eigenvalue weighted by molar-refractivity contribution is 7.99. The third-order valence-corrected chi connectivity index (χ3v) is 7.02. The van der Waals surface area contributed by atoms with Crippen molar-refractivity contribution < 1.29 is 11.0 Å². The lowest BCUT2D eigenvalue weighted by molar-refractivity contribution is -0.155. The molecule has 0 saturated heterocycles. The van der Waals surface area contributed by atoms with Crippen LogP contribution >= 0.6 is 11.8 Å². The van der Waals surface area contributed by atoms with Gasteiger partial charge in [-0.2, -0.15) is 0 Å². The van der Waals surface area contributed by atoms with Crippen LogP contribution in [0, 0.1) is 11.8 Å². The second kappa shape index (κ2) is 10.7. The maximum atomic E-state index is 12.3. The van der Waals surface area contributed by atoms with Crippen molar-refractivity contribution in [3.8, 4) is 0 Å².